The molecule has 0 spiro atoms. The largest absolute Gasteiger partial charge is 0.484 e. The number of halogens is 1. The Labute approximate surface area is 146 Å². The molecule has 0 atom stereocenters. The number of nitrogens with one attached hydrogen (secondary N) is 2. The number of hydrazine groups is 1. The Morgan fingerprint density at radius 1 is 1.08 bits per heavy atom. The minimum atomic E-state index is -3.87. The van der Waals surface area contributed by atoms with Gasteiger partial charge in [0, 0.05) is 0 Å². The third-order valence-electron chi connectivity index (χ3n) is 3.37. The number of carbonyl (C=O) groups is 1. The summed E-state index contributed by atoms with van der Waals surface area (Å²) >= 11 is 0. The maximum absolute atomic E-state index is 12.8. The van der Waals surface area contributed by atoms with Crippen molar-refractivity contribution in [2.24, 2.45) is 0 Å². The van der Waals surface area contributed by atoms with E-state index < -0.39 is 28.4 Å². The maximum atomic E-state index is 12.8. The smallest absolute Gasteiger partial charge is 0.272 e. The molecule has 0 aromatic heterocycles. The number of carbonyl (C=O) groups excluding carboxylic acids is 1. The van der Waals surface area contributed by atoms with Crippen molar-refractivity contribution in [2.45, 2.75) is 24.7 Å². The summed E-state index contributed by atoms with van der Waals surface area (Å²) in [6.45, 7) is 3.59. The zero-order valence-corrected chi connectivity index (χ0v) is 14.6. The summed E-state index contributed by atoms with van der Waals surface area (Å²) in [5.74, 6) is -0.531. The van der Waals surface area contributed by atoms with Crippen molar-refractivity contribution in [3.8, 4) is 5.75 Å². The topological polar surface area (TPSA) is 84.5 Å². The highest BCUT2D eigenvalue weighted by Crippen LogP contribution is 2.17. The molecule has 0 bridgehead atoms. The van der Waals surface area contributed by atoms with E-state index in [0.717, 1.165) is 5.56 Å². The Hall–Kier alpha value is -2.45. The Balaban J connectivity index is 1.88. The fourth-order valence-electron chi connectivity index (χ4n) is 1.93. The predicted molar refractivity (Wildman–Crippen MR) is 90.9 cm³/mol. The highest BCUT2D eigenvalue weighted by atomic mass is 32.2. The summed E-state index contributed by atoms with van der Waals surface area (Å²) in [4.78, 5) is 13.7. The molecule has 0 aliphatic rings. The van der Waals surface area contributed by atoms with Crippen LogP contribution in [-0.4, -0.2) is 20.9 Å². The van der Waals surface area contributed by atoms with Crippen LogP contribution in [0, 0.1) is 5.82 Å². The third kappa shape index (κ3) is 5.54. The average molecular weight is 366 g/mol. The highest BCUT2D eigenvalue weighted by molar-refractivity contribution is 7.89. The van der Waals surface area contributed by atoms with Gasteiger partial charge in [-0.15, -0.1) is 4.83 Å². The van der Waals surface area contributed by atoms with Crippen LogP contribution in [0.15, 0.2) is 53.4 Å². The second-order valence-corrected chi connectivity index (χ2v) is 7.30. The summed E-state index contributed by atoms with van der Waals surface area (Å²) < 4.78 is 42.1. The van der Waals surface area contributed by atoms with Crippen molar-refractivity contribution in [2.75, 3.05) is 6.61 Å². The number of ether oxygens (including phenoxy) is 1. The number of amides is 1. The molecule has 0 radical (unpaired) electrons. The van der Waals surface area contributed by atoms with E-state index >= 15 is 0 Å². The minimum absolute atomic E-state index is 0.0386. The zero-order chi connectivity index (χ0) is 18.4. The first-order chi connectivity index (χ1) is 11.8. The second kappa shape index (κ2) is 8.09. The molecule has 2 N–H and O–H groups in total. The van der Waals surface area contributed by atoms with Gasteiger partial charge in [0.25, 0.3) is 15.9 Å². The van der Waals surface area contributed by atoms with Crippen LogP contribution in [0.25, 0.3) is 0 Å². The first kappa shape index (κ1) is 18.9. The summed E-state index contributed by atoms with van der Waals surface area (Å²) in [7, 11) is -3.87. The second-order valence-electron chi connectivity index (χ2n) is 5.62. The molecular weight excluding hydrogens is 347 g/mol. The van der Waals surface area contributed by atoms with Gasteiger partial charge in [0.1, 0.15) is 11.6 Å². The van der Waals surface area contributed by atoms with E-state index in [1.165, 1.54) is 36.4 Å². The standard InChI is InChI=1S/C17H19FN2O4S/c1-12(2)13-3-9-16(10-4-13)25(22,23)20-19-17(21)11-24-15-7-5-14(18)6-8-15/h3-10,12,20H,11H2,1-2H3,(H,19,21). The third-order valence-corrected chi connectivity index (χ3v) is 4.63. The van der Waals surface area contributed by atoms with Gasteiger partial charge in [0.2, 0.25) is 0 Å². The minimum Gasteiger partial charge on any atom is -0.484 e. The summed E-state index contributed by atoms with van der Waals surface area (Å²) in [6, 6.07) is 11.5. The van der Waals surface area contributed by atoms with Gasteiger partial charge in [-0.25, -0.2) is 12.8 Å². The summed E-state index contributed by atoms with van der Waals surface area (Å²) in [5.41, 5.74) is 3.07. The van der Waals surface area contributed by atoms with Crippen molar-refractivity contribution < 1.29 is 22.3 Å². The molecule has 0 aliphatic carbocycles. The highest BCUT2D eigenvalue weighted by Gasteiger charge is 2.15. The normalized spacial score (nSPS) is 11.4. The summed E-state index contributed by atoms with van der Waals surface area (Å²) in [5, 5.41) is 0. The lowest BCUT2D eigenvalue weighted by atomic mass is 10.0. The summed E-state index contributed by atoms with van der Waals surface area (Å²) in [6.07, 6.45) is 0. The van der Waals surface area contributed by atoms with E-state index in [9.17, 15) is 17.6 Å². The zero-order valence-electron chi connectivity index (χ0n) is 13.8. The lowest BCUT2D eigenvalue weighted by molar-refractivity contribution is -0.123. The molecule has 25 heavy (non-hydrogen) atoms. The van der Waals surface area contributed by atoms with Gasteiger partial charge in [0.05, 0.1) is 4.90 Å². The average Bonchev–Trinajstić information content (AvgIpc) is 2.59. The van der Waals surface area contributed by atoms with Crippen molar-refractivity contribution in [1.82, 2.24) is 10.3 Å². The molecule has 0 saturated heterocycles. The monoisotopic (exact) mass is 366 g/mol. The van der Waals surface area contributed by atoms with E-state index in [0.29, 0.717) is 5.75 Å². The number of benzene rings is 2. The van der Waals surface area contributed by atoms with E-state index in [1.54, 1.807) is 12.1 Å². The lowest BCUT2D eigenvalue weighted by Gasteiger charge is -2.10. The van der Waals surface area contributed by atoms with E-state index in [-0.39, 0.29) is 10.8 Å². The molecule has 2 aromatic carbocycles. The Kier molecular flexibility index (Phi) is 6.11. The maximum Gasteiger partial charge on any atom is 0.272 e. The molecule has 8 heteroatoms. The van der Waals surface area contributed by atoms with Crippen LogP contribution in [0.3, 0.4) is 0 Å². The van der Waals surface area contributed by atoms with E-state index in [2.05, 4.69) is 5.43 Å². The van der Waals surface area contributed by atoms with Crippen molar-refractivity contribution in [1.29, 1.82) is 0 Å². The molecule has 0 unspecified atom stereocenters. The molecule has 134 valence electrons. The Morgan fingerprint density at radius 2 is 1.68 bits per heavy atom. The Morgan fingerprint density at radius 3 is 2.24 bits per heavy atom. The molecule has 2 aromatic rings. The number of hydrogen-bond acceptors (Lipinski definition) is 4. The molecular formula is C17H19FN2O4S. The van der Waals surface area contributed by atoms with Gasteiger partial charge in [-0.2, -0.15) is 0 Å². The molecule has 0 saturated carbocycles. The van der Waals surface area contributed by atoms with Crippen LogP contribution in [-0.2, 0) is 14.8 Å². The van der Waals surface area contributed by atoms with Gasteiger partial charge in [-0.1, -0.05) is 26.0 Å². The van der Waals surface area contributed by atoms with Crippen LogP contribution in [0.5, 0.6) is 5.75 Å². The van der Waals surface area contributed by atoms with Crippen LogP contribution in [0.2, 0.25) is 0 Å². The number of hydrogen-bond donors (Lipinski definition) is 2. The predicted octanol–water partition coefficient (Wildman–Crippen LogP) is 2.34. The molecule has 2 rings (SSSR count). The lowest BCUT2D eigenvalue weighted by Crippen LogP contribution is -2.43. The van der Waals surface area contributed by atoms with Crippen LogP contribution in [0.1, 0.15) is 25.3 Å². The first-order valence-corrected chi connectivity index (χ1v) is 9.05. The quantitative estimate of drug-likeness (QED) is 0.737. The number of sulfonamides is 1. The Bertz CT molecular complexity index is 819. The van der Waals surface area contributed by atoms with Crippen LogP contribution >= 0.6 is 0 Å². The molecule has 0 fully saturated rings. The molecule has 1 amide bonds. The fraction of sp³-hybridized carbons (Fsp3) is 0.235. The van der Waals surface area contributed by atoms with Gasteiger partial charge in [-0.3, -0.25) is 10.2 Å². The molecule has 0 aliphatic heterocycles. The van der Waals surface area contributed by atoms with Gasteiger partial charge >= 0.3 is 0 Å². The number of rotatable bonds is 7. The van der Waals surface area contributed by atoms with Crippen LogP contribution in [0.4, 0.5) is 4.39 Å². The van der Waals surface area contributed by atoms with Gasteiger partial charge < -0.3 is 4.74 Å². The fourth-order valence-corrected chi connectivity index (χ4v) is 2.79. The van der Waals surface area contributed by atoms with E-state index in [1.807, 2.05) is 18.7 Å². The first-order valence-electron chi connectivity index (χ1n) is 7.57. The van der Waals surface area contributed by atoms with Crippen molar-refractivity contribution >= 4 is 15.9 Å². The SMILES string of the molecule is CC(C)c1ccc(S(=O)(=O)NNC(=O)COc2ccc(F)cc2)cc1. The van der Waals surface area contributed by atoms with Crippen molar-refractivity contribution in [3.05, 3.63) is 59.9 Å². The molecule has 6 nitrogen and oxygen atoms in total. The van der Waals surface area contributed by atoms with E-state index in [4.69, 9.17) is 4.74 Å². The van der Waals surface area contributed by atoms with Crippen molar-refractivity contribution in [3.63, 3.8) is 0 Å². The van der Waals surface area contributed by atoms with Crippen LogP contribution < -0.4 is 15.0 Å². The molecule has 0 heterocycles. The van der Waals surface area contributed by atoms with Gasteiger partial charge in [-0.05, 0) is 47.9 Å². The van der Waals surface area contributed by atoms with Gasteiger partial charge in [0.15, 0.2) is 6.61 Å².